The average Bonchev–Trinajstić information content (AvgIpc) is 3.27. The molecule has 1 aromatic carbocycles. The number of hydrogen-bond acceptors (Lipinski definition) is 5. The van der Waals surface area contributed by atoms with Crippen molar-refractivity contribution in [1.29, 1.82) is 0 Å². The van der Waals surface area contributed by atoms with E-state index in [4.69, 9.17) is 0 Å². The van der Waals surface area contributed by atoms with Crippen molar-refractivity contribution < 1.29 is 24.3 Å². The van der Waals surface area contributed by atoms with E-state index in [0.717, 1.165) is 24.8 Å². The Morgan fingerprint density at radius 3 is 2.46 bits per heavy atom. The van der Waals surface area contributed by atoms with Gasteiger partial charge in [0.25, 0.3) is 0 Å². The van der Waals surface area contributed by atoms with Crippen LogP contribution in [-0.2, 0) is 25.6 Å². The SMILES string of the molecule is CN[C@@H](C)C(=O)N[C@H](C(=O)N1C[C@@H](C(=O)O)C[C@H]1C(=O)N[C@@H]1CCCc2ccccc21)C(C)(C)C. The fourth-order valence-electron chi connectivity index (χ4n) is 4.89. The van der Waals surface area contributed by atoms with E-state index in [1.807, 2.05) is 39.0 Å². The number of rotatable bonds is 7. The molecule has 0 radical (unpaired) electrons. The number of nitrogens with one attached hydrogen (secondary N) is 3. The molecule has 3 amide bonds. The minimum atomic E-state index is -1.04. The van der Waals surface area contributed by atoms with Gasteiger partial charge >= 0.3 is 5.97 Å². The number of nitrogens with zero attached hydrogens (tertiary/aromatic N) is 1. The van der Waals surface area contributed by atoms with Crippen LogP contribution < -0.4 is 16.0 Å². The van der Waals surface area contributed by atoms with Gasteiger partial charge in [0.05, 0.1) is 18.0 Å². The molecule has 0 aromatic heterocycles. The van der Waals surface area contributed by atoms with Crippen LogP contribution in [0.5, 0.6) is 0 Å². The summed E-state index contributed by atoms with van der Waals surface area (Å²) in [6.07, 6.45) is 2.72. The molecule has 5 atom stereocenters. The van der Waals surface area contributed by atoms with E-state index < -0.39 is 41.3 Å². The smallest absolute Gasteiger partial charge is 0.308 e. The molecular weight excluding hydrogens is 448 g/mol. The predicted molar refractivity (Wildman–Crippen MR) is 131 cm³/mol. The fraction of sp³-hybridized carbons (Fsp3) is 0.615. The number of hydrogen-bond donors (Lipinski definition) is 4. The topological polar surface area (TPSA) is 128 Å². The second kappa shape index (κ2) is 10.8. The number of aryl methyl sites for hydroxylation is 1. The quantitative estimate of drug-likeness (QED) is 0.464. The van der Waals surface area contributed by atoms with Crippen LogP contribution in [0, 0.1) is 11.3 Å². The first-order chi connectivity index (χ1) is 16.4. The van der Waals surface area contributed by atoms with E-state index >= 15 is 0 Å². The van der Waals surface area contributed by atoms with Gasteiger partial charge in [-0.1, -0.05) is 45.0 Å². The van der Waals surface area contributed by atoms with E-state index in [1.54, 1.807) is 14.0 Å². The fourth-order valence-corrected chi connectivity index (χ4v) is 4.89. The third kappa shape index (κ3) is 6.01. The summed E-state index contributed by atoms with van der Waals surface area (Å²) in [6.45, 7) is 7.11. The highest BCUT2D eigenvalue weighted by atomic mass is 16.4. The Hall–Kier alpha value is -2.94. The van der Waals surface area contributed by atoms with Crippen LogP contribution >= 0.6 is 0 Å². The van der Waals surface area contributed by atoms with Crippen molar-refractivity contribution in [3.05, 3.63) is 35.4 Å². The number of likely N-dealkylation sites (tertiary alicyclic amines) is 1. The summed E-state index contributed by atoms with van der Waals surface area (Å²) in [7, 11) is 1.65. The number of likely N-dealkylation sites (N-methyl/N-ethyl adjacent to an activating group) is 1. The first kappa shape index (κ1) is 26.7. The molecule has 2 aliphatic rings. The van der Waals surface area contributed by atoms with Gasteiger partial charge in [-0.05, 0) is 56.2 Å². The molecule has 9 nitrogen and oxygen atoms in total. The van der Waals surface area contributed by atoms with Gasteiger partial charge in [0.1, 0.15) is 12.1 Å². The van der Waals surface area contributed by atoms with Gasteiger partial charge in [0, 0.05) is 6.54 Å². The van der Waals surface area contributed by atoms with Gasteiger partial charge in [0.2, 0.25) is 17.7 Å². The van der Waals surface area contributed by atoms with Gasteiger partial charge in [-0.25, -0.2) is 0 Å². The number of aliphatic carboxylic acids is 1. The number of benzene rings is 1. The number of amides is 3. The van der Waals surface area contributed by atoms with Crippen molar-refractivity contribution in [1.82, 2.24) is 20.9 Å². The van der Waals surface area contributed by atoms with Crippen molar-refractivity contribution in [2.45, 2.75) is 77.5 Å². The molecule has 0 unspecified atom stereocenters. The van der Waals surface area contributed by atoms with Crippen molar-refractivity contribution in [2.75, 3.05) is 13.6 Å². The van der Waals surface area contributed by atoms with Gasteiger partial charge in [-0.3, -0.25) is 19.2 Å². The molecule has 3 rings (SSSR count). The second-order valence-corrected chi connectivity index (χ2v) is 10.7. The summed E-state index contributed by atoms with van der Waals surface area (Å²) in [5.41, 5.74) is 1.62. The Morgan fingerprint density at radius 2 is 1.83 bits per heavy atom. The van der Waals surface area contributed by atoms with E-state index in [-0.39, 0.29) is 30.8 Å². The molecule has 9 heteroatoms. The maximum Gasteiger partial charge on any atom is 0.308 e. The number of carbonyl (C=O) groups excluding carboxylic acids is 3. The Kier molecular flexibility index (Phi) is 8.20. The third-order valence-electron chi connectivity index (χ3n) is 7.15. The van der Waals surface area contributed by atoms with Gasteiger partial charge in [-0.2, -0.15) is 0 Å². The highest BCUT2D eigenvalue weighted by Gasteiger charge is 2.47. The molecule has 35 heavy (non-hydrogen) atoms. The zero-order chi connectivity index (χ0) is 25.9. The van der Waals surface area contributed by atoms with Crippen LogP contribution in [0.3, 0.4) is 0 Å². The minimum Gasteiger partial charge on any atom is -0.481 e. The summed E-state index contributed by atoms with van der Waals surface area (Å²) < 4.78 is 0. The molecule has 0 spiro atoms. The summed E-state index contributed by atoms with van der Waals surface area (Å²) in [5.74, 6) is -3.02. The minimum absolute atomic E-state index is 0.0407. The standard InChI is InChI=1S/C26H38N4O5/c1-15(27-5)22(31)29-21(26(2,3)4)24(33)30-14-17(25(34)35)13-20(30)23(32)28-19-12-8-10-16-9-6-7-11-18(16)19/h6-7,9,11,15,17,19-21,27H,8,10,12-14H2,1-5H3,(H,28,32)(H,29,31)(H,34,35)/t15-,17-,19+,20-,21+/m0/s1. The molecule has 1 aromatic rings. The van der Waals surface area contributed by atoms with Crippen LogP contribution in [0.15, 0.2) is 24.3 Å². The first-order valence-electron chi connectivity index (χ1n) is 12.3. The van der Waals surface area contributed by atoms with Crippen molar-refractivity contribution in [3.8, 4) is 0 Å². The maximum atomic E-state index is 13.7. The number of carbonyl (C=O) groups is 4. The third-order valence-corrected chi connectivity index (χ3v) is 7.15. The summed E-state index contributed by atoms with van der Waals surface area (Å²) in [6, 6.07) is 5.47. The lowest BCUT2D eigenvalue weighted by Gasteiger charge is -2.36. The number of carboxylic acid groups (broad SMARTS) is 1. The zero-order valence-electron chi connectivity index (χ0n) is 21.3. The summed E-state index contributed by atoms with van der Waals surface area (Å²) in [5, 5.41) is 18.4. The van der Waals surface area contributed by atoms with Crippen LogP contribution in [-0.4, -0.2) is 65.4 Å². The summed E-state index contributed by atoms with van der Waals surface area (Å²) in [4.78, 5) is 53.0. The molecule has 4 N–H and O–H groups in total. The normalized spacial score (nSPS) is 23.7. The zero-order valence-corrected chi connectivity index (χ0v) is 21.3. The monoisotopic (exact) mass is 486 g/mol. The molecule has 1 saturated heterocycles. The molecule has 1 aliphatic carbocycles. The largest absolute Gasteiger partial charge is 0.481 e. The van der Waals surface area contributed by atoms with Crippen LogP contribution in [0.1, 0.15) is 64.1 Å². The lowest BCUT2D eigenvalue weighted by molar-refractivity contribution is -0.145. The second-order valence-electron chi connectivity index (χ2n) is 10.7. The van der Waals surface area contributed by atoms with Crippen LogP contribution in [0.25, 0.3) is 0 Å². The Morgan fingerprint density at radius 1 is 1.14 bits per heavy atom. The lowest BCUT2D eigenvalue weighted by Crippen LogP contribution is -2.59. The van der Waals surface area contributed by atoms with Crippen molar-refractivity contribution in [2.24, 2.45) is 11.3 Å². The molecule has 1 heterocycles. The highest BCUT2D eigenvalue weighted by molar-refractivity contribution is 5.95. The number of carboxylic acids is 1. The van der Waals surface area contributed by atoms with E-state index in [9.17, 15) is 24.3 Å². The van der Waals surface area contributed by atoms with Crippen LogP contribution in [0.2, 0.25) is 0 Å². The Balaban J connectivity index is 1.84. The van der Waals surface area contributed by atoms with Crippen molar-refractivity contribution in [3.63, 3.8) is 0 Å². The van der Waals surface area contributed by atoms with E-state index in [0.29, 0.717) is 0 Å². The summed E-state index contributed by atoms with van der Waals surface area (Å²) >= 11 is 0. The molecular formula is C26H38N4O5. The van der Waals surface area contributed by atoms with Gasteiger partial charge < -0.3 is 26.0 Å². The molecule has 1 aliphatic heterocycles. The van der Waals surface area contributed by atoms with Gasteiger partial charge in [0.15, 0.2) is 0 Å². The molecule has 192 valence electrons. The van der Waals surface area contributed by atoms with E-state index in [2.05, 4.69) is 22.0 Å². The first-order valence-corrected chi connectivity index (χ1v) is 12.3. The predicted octanol–water partition coefficient (Wildman–Crippen LogP) is 1.62. The van der Waals surface area contributed by atoms with Gasteiger partial charge in [-0.15, -0.1) is 0 Å². The maximum absolute atomic E-state index is 13.7. The Bertz CT molecular complexity index is 973. The average molecular weight is 487 g/mol. The molecule has 1 fully saturated rings. The van der Waals surface area contributed by atoms with Crippen LogP contribution in [0.4, 0.5) is 0 Å². The van der Waals surface area contributed by atoms with Crippen molar-refractivity contribution >= 4 is 23.7 Å². The van der Waals surface area contributed by atoms with E-state index in [1.165, 1.54) is 10.5 Å². The number of fused-ring (bicyclic) bond motifs is 1. The molecule has 0 saturated carbocycles. The molecule has 0 bridgehead atoms. The lowest BCUT2D eigenvalue weighted by atomic mass is 9.85. The Labute approximate surface area is 207 Å². The highest BCUT2D eigenvalue weighted by Crippen LogP contribution is 2.32.